The third-order valence-electron chi connectivity index (χ3n) is 1.86. The third kappa shape index (κ3) is 2.24. The number of primary amides is 1. The minimum Gasteiger partial charge on any atom is -0.368 e. The highest BCUT2D eigenvalue weighted by atomic mass is 32.2. The van der Waals surface area contributed by atoms with Crippen molar-refractivity contribution in [3.05, 3.63) is 11.6 Å². The smallest absolute Gasteiger partial charge is 0.240 e. The summed E-state index contributed by atoms with van der Waals surface area (Å²) in [7, 11) is 0. The summed E-state index contributed by atoms with van der Waals surface area (Å²) in [6, 6.07) is -0.496. The molecule has 0 aliphatic carbocycles. The van der Waals surface area contributed by atoms with Gasteiger partial charge in [-0.15, -0.1) is 11.8 Å². The minimum absolute atomic E-state index is 0.0573. The van der Waals surface area contributed by atoms with Gasteiger partial charge in [0, 0.05) is 6.20 Å². The zero-order valence-electron chi connectivity index (χ0n) is 7.40. The Balaban J connectivity index is 2.77. The van der Waals surface area contributed by atoms with Crippen LogP contribution in [0, 0.1) is 0 Å². The Bertz CT molecular complexity index is 253. The molecule has 0 spiro atoms. The standard InChI is InChI=1S/C8H12N2O2S/c1-2-6(8(9)12)10-3-4-13-5-7(10)11/h3-4,6H,2,5H2,1H3,(H2,9,12). The Morgan fingerprint density at radius 3 is 3.00 bits per heavy atom. The summed E-state index contributed by atoms with van der Waals surface area (Å²) in [6.07, 6.45) is 2.17. The Hall–Kier alpha value is -0.970. The zero-order chi connectivity index (χ0) is 9.84. The number of amides is 2. The highest BCUT2D eigenvalue weighted by molar-refractivity contribution is 8.02. The first-order chi connectivity index (χ1) is 6.16. The second kappa shape index (κ2) is 4.32. The lowest BCUT2D eigenvalue weighted by Gasteiger charge is -2.27. The predicted molar refractivity (Wildman–Crippen MR) is 51.7 cm³/mol. The van der Waals surface area contributed by atoms with Gasteiger partial charge in [-0.25, -0.2) is 0 Å². The van der Waals surface area contributed by atoms with Crippen molar-refractivity contribution < 1.29 is 9.59 Å². The predicted octanol–water partition coefficient (Wildman–Crippen LogP) is 0.297. The summed E-state index contributed by atoms with van der Waals surface area (Å²) >= 11 is 1.42. The molecule has 1 aliphatic rings. The third-order valence-corrected chi connectivity index (χ3v) is 2.59. The number of thioether (sulfide) groups is 1. The van der Waals surface area contributed by atoms with Gasteiger partial charge in [-0.3, -0.25) is 9.59 Å². The monoisotopic (exact) mass is 200 g/mol. The summed E-state index contributed by atoms with van der Waals surface area (Å²) in [6.45, 7) is 1.83. The molecular formula is C8H12N2O2S. The lowest BCUT2D eigenvalue weighted by Crippen LogP contribution is -2.46. The van der Waals surface area contributed by atoms with Gasteiger partial charge >= 0.3 is 0 Å². The van der Waals surface area contributed by atoms with Crippen molar-refractivity contribution in [2.45, 2.75) is 19.4 Å². The normalized spacial score (nSPS) is 18.8. The molecule has 1 unspecified atom stereocenters. The largest absolute Gasteiger partial charge is 0.368 e. The molecule has 2 amide bonds. The molecule has 72 valence electrons. The van der Waals surface area contributed by atoms with Crippen LogP contribution in [0.4, 0.5) is 0 Å². The molecule has 0 aromatic rings. The van der Waals surface area contributed by atoms with Gasteiger partial charge in [0.15, 0.2) is 0 Å². The van der Waals surface area contributed by atoms with Gasteiger partial charge in [0.05, 0.1) is 5.75 Å². The topological polar surface area (TPSA) is 63.4 Å². The van der Waals surface area contributed by atoms with Gasteiger partial charge < -0.3 is 10.6 Å². The molecule has 0 bridgehead atoms. The van der Waals surface area contributed by atoms with E-state index in [1.807, 2.05) is 6.92 Å². The molecular weight excluding hydrogens is 188 g/mol. The van der Waals surface area contributed by atoms with E-state index in [0.717, 1.165) is 0 Å². The van der Waals surface area contributed by atoms with Gasteiger partial charge in [-0.2, -0.15) is 0 Å². The molecule has 5 heteroatoms. The molecule has 2 N–H and O–H groups in total. The quantitative estimate of drug-likeness (QED) is 0.712. The molecule has 0 saturated heterocycles. The van der Waals surface area contributed by atoms with Crippen molar-refractivity contribution in [1.29, 1.82) is 0 Å². The fraction of sp³-hybridized carbons (Fsp3) is 0.500. The van der Waals surface area contributed by atoms with Gasteiger partial charge in [0.1, 0.15) is 6.04 Å². The average Bonchev–Trinajstić information content (AvgIpc) is 2.09. The van der Waals surface area contributed by atoms with E-state index in [-0.39, 0.29) is 5.91 Å². The molecule has 0 saturated carbocycles. The maximum atomic E-state index is 11.3. The van der Waals surface area contributed by atoms with Gasteiger partial charge in [0.2, 0.25) is 11.8 Å². The van der Waals surface area contributed by atoms with Crippen molar-refractivity contribution in [3.63, 3.8) is 0 Å². The second-order valence-corrected chi connectivity index (χ2v) is 3.62. The molecule has 0 fully saturated rings. The summed E-state index contributed by atoms with van der Waals surface area (Å²) in [5.74, 6) is -0.120. The molecule has 13 heavy (non-hydrogen) atoms. The zero-order valence-corrected chi connectivity index (χ0v) is 8.21. The van der Waals surface area contributed by atoms with Gasteiger partial charge in [-0.05, 0) is 11.8 Å². The number of carbonyl (C=O) groups is 2. The molecule has 1 atom stereocenters. The van der Waals surface area contributed by atoms with Crippen LogP contribution >= 0.6 is 11.8 Å². The first-order valence-electron chi connectivity index (χ1n) is 4.05. The summed E-state index contributed by atoms with van der Waals surface area (Å²) in [5.41, 5.74) is 5.17. The number of nitrogens with two attached hydrogens (primary N) is 1. The average molecular weight is 200 g/mol. The highest BCUT2D eigenvalue weighted by Gasteiger charge is 2.26. The van der Waals surface area contributed by atoms with E-state index in [1.54, 1.807) is 11.6 Å². The van der Waals surface area contributed by atoms with E-state index in [2.05, 4.69) is 0 Å². The van der Waals surface area contributed by atoms with Crippen molar-refractivity contribution in [2.75, 3.05) is 5.75 Å². The van der Waals surface area contributed by atoms with Gasteiger partial charge in [0.25, 0.3) is 0 Å². The molecule has 1 rings (SSSR count). The van der Waals surface area contributed by atoms with E-state index in [0.29, 0.717) is 12.2 Å². The molecule has 1 heterocycles. The Morgan fingerprint density at radius 1 is 1.85 bits per heavy atom. The summed E-state index contributed by atoms with van der Waals surface area (Å²) in [5, 5.41) is 1.80. The van der Waals surface area contributed by atoms with Crippen LogP contribution in [0.15, 0.2) is 11.6 Å². The van der Waals surface area contributed by atoms with Crippen molar-refractivity contribution >= 4 is 23.6 Å². The van der Waals surface area contributed by atoms with Gasteiger partial charge in [-0.1, -0.05) is 6.92 Å². The molecule has 0 aromatic carbocycles. The molecule has 1 aliphatic heterocycles. The van der Waals surface area contributed by atoms with E-state index in [4.69, 9.17) is 5.73 Å². The highest BCUT2D eigenvalue weighted by Crippen LogP contribution is 2.16. The number of rotatable bonds is 3. The number of hydrogen-bond acceptors (Lipinski definition) is 3. The van der Waals surface area contributed by atoms with Crippen molar-refractivity contribution in [1.82, 2.24) is 4.90 Å². The first kappa shape index (κ1) is 10.1. The fourth-order valence-electron chi connectivity index (χ4n) is 1.20. The Labute approximate surface area is 81.1 Å². The second-order valence-electron chi connectivity index (χ2n) is 2.72. The maximum Gasteiger partial charge on any atom is 0.240 e. The maximum absolute atomic E-state index is 11.3. The Kier molecular flexibility index (Phi) is 3.36. The Morgan fingerprint density at radius 2 is 2.54 bits per heavy atom. The van der Waals surface area contributed by atoms with Crippen LogP contribution in [0.2, 0.25) is 0 Å². The van der Waals surface area contributed by atoms with E-state index in [1.165, 1.54) is 16.7 Å². The number of nitrogens with zero attached hydrogens (tertiary/aromatic N) is 1. The van der Waals surface area contributed by atoms with Crippen LogP contribution in [0.3, 0.4) is 0 Å². The van der Waals surface area contributed by atoms with E-state index >= 15 is 0 Å². The SMILES string of the molecule is CCC(C(N)=O)N1C=CSCC1=O. The lowest BCUT2D eigenvalue weighted by molar-refractivity contribution is -0.134. The van der Waals surface area contributed by atoms with Crippen LogP contribution in [0.1, 0.15) is 13.3 Å². The van der Waals surface area contributed by atoms with E-state index in [9.17, 15) is 9.59 Å². The van der Waals surface area contributed by atoms with Crippen molar-refractivity contribution in [3.8, 4) is 0 Å². The lowest BCUT2D eigenvalue weighted by atomic mass is 10.2. The van der Waals surface area contributed by atoms with Crippen LogP contribution in [0.5, 0.6) is 0 Å². The van der Waals surface area contributed by atoms with Crippen LogP contribution in [-0.4, -0.2) is 28.5 Å². The molecule has 0 aromatic heterocycles. The first-order valence-corrected chi connectivity index (χ1v) is 5.10. The summed E-state index contributed by atoms with van der Waals surface area (Å²) in [4.78, 5) is 23.7. The van der Waals surface area contributed by atoms with E-state index < -0.39 is 11.9 Å². The van der Waals surface area contributed by atoms with Crippen molar-refractivity contribution in [2.24, 2.45) is 5.73 Å². The van der Waals surface area contributed by atoms with Crippen LogP contribution in [0.25, 0.3) is 0 Å². The number of hydrogen-bond donors (Lipinski definition) is 1. The van der Waals surface area contributed by atoms with Crippen LogP contribution < -0.4 is 5.73 Å². The molecule has 4 nitrogen and oxygen atoms in total. The van der Waals surface area contributed by atoms with Crippen LogP contribution in [-0.2, 0) is 9.59 Å². The minimum atomic E-state index is -0.496. The summed E-state index contributed by atoms with van der Waals surface area (Å²) < 4.78 is 0. The molecule has 0 radical (unpaired) electrons. The number of carbonyl (C=O) groups excluding carboxylic acids is 2. The fourth-order valence-corrected chi connectivity index (χ4v) is 1.80.